The molecular formula is C15H21N3O. The zero-order valence-corrected chi connectivity index (χ0v) is 11.4. The van der Waals surface area contributed by atoms with Gasteiger partial charge in [0.15, 0.2) is 0 Å². The van der Waals surface area contributed by atoms with Crippen LogP contribution in [0.1, 0.15) is 50.4 Å². The first-order chi connectivity index (χ1) is 9.29. The molecule has 1 aliphatic heterocycles. The van der Waals surface area contributed by atoms with Gasteiger partial charge in [0.05, 0.1) is 17.4 Å². The predicted molar refractivity (Wildman–Crippen MR) is 75.8 cm³/mol. The Kier molecular flexibility index (Phi) is 3.53. The molecule has 3 rings (SSSR count). The fourth-order valence-corrected chi connectivity index (χ4v) is 2.69. The average Bonchev–Trinajstić information content (AvgIpc) is 2.90. The lowest BCUT2D eigenvalue weighted by Crippen LogP contribution is -2.17. The van der Waals surface area contributed by atoms with E-state index < -0.39 is 0 Å². The lowest BCUT2D eigenvalue weighted by molar-refractivity contribution is -0.0295. The monoisotopic (exact) mass is 259 g/mol. The lowest BCUT2D eigenvalue weighted by atomic mass is 10.0. The molecule has 2 unspecified atom stereocenters. The van der Waals surface area contributed by atoms with Crippen LogP contribution in [0, 0.1) is 0 Å². The molecule has 0 radical (unpaired) electrons. The highest BCUT2D eigenvalue weighted by Gasteiger charge is 2.18. The smallest absolute Gasteiger partial charge is 0.135 e. The third-order valence-corrected chi connectivity index (χ3v) is 3.93. The van der Waals surface area contributed by atoms with Crippen molar-refractivity contribution in [2.45, 2.75) is 44.9 Å². The molecule has 2 N–H and O–H groups in total. The highest BCUT2D eigenvalue weighted by Crippen LogP contribution is 2.27. The molecule has 2 heterocycles. The van der Waals surface area contributed by atoms with Gasteiger partial charge in [0.2, 0.25) is 0 Å². The normalized spacial score (nSPS) is 21.7. The second-order valence-electron chi connectivity index (χ2n) is 5.24. The van der Waals surface area contributed by atoms with Gasteiger partial charge in [-0.1, -0.05) is 13.0 Å². The quantitative estimate of drug-likeness (QED) is 0.921. The number of benzene rings is 1. The van der Waals surface area contributed by atoms with E-state index in [2.05, 4.69) is 34.7 Å². The van der Waals surface area contributed by atoms with E-state index in [9.17, 15) is 0 Å². The molecular weight excluding hydrogens is 238 g/mol. The van der Waals surface area contributed by atoms with E-state index in [1.807, 2.05) is 6.33 Å². The first-order valence-corrected chi connectivity index (χ1v) is 7.13. The minimum Gasteiger partial charge on any atom is -0.358 e. The molecule has 4 nitrogen and oxygen atoms in total. The van der Waals surface area contributed by atoms with Crippen LogP contribution in [0.25, 0.3) is 11.0 Å². The van der Waals surface area contributed by atoms with Crippen LogP contribution in [0.4, 0.5) is 0 Å². The zero-order valence-electron chi connectivity index (χ0n) is 11.4. The molecule has 1 aliphatic rings. The molecule has 1 saturated heterocycles. The lowest BCUT2D eigenvalue weighted by Gasteiger charge is -2.24. The van der Waals surface area contributed by atoms with Crippen molar-refractivity contribution >= 4 is 11.0 Å². The third-order valence-electron chi connectivity index (χ3n) is 3.93. The number of rotatable bonds is 3. The molecule has 0 amide bonds. The maximum atomic E-state index is 6.08. The minimum absolute atomic E-state index is 0.0977. The maximum Gasteiger partial charge on any atom is 0.135 e. The van der Waals surface area contributed by atoms with Crippen LogP contribution in [-0.4, -0.2) is 16.2 Å². The number of ether oxygens (including phenoxy) is 1. The molecule has 0 bridgehead atoms. The zero-order chi connectivity index (χ0) is 13.2. The fraction of sp³-hybridized carbons (Fsp3) is 0.533. The van der Waals surface area contributed by atoms with Crippen molar-refractivity contribution in [2.75, 3.05) is 6.61 Å². The molecule has 0 spiro atoms. The van der Waals surface area contributed by atoms with Crippen LogP contribution in [0.15, 0.2) is 24.5 Å². The van der Waals surface area contributed by atoms with Gasteiger partial charge in [-0.05, 0) is 43.4 Å². The number of hydrogen-bond donors (Lipinski definition) is 1. The Hall–Kier alpha value is -1.39. The molecule has 1 fully saturated rings. The number of nitrogens with two attached hydrogens (primary N) is 1. The molecule has 19 heavy (non-hydrogen) atoms. The predicted octanol–water partition coefficient (Wildman–Crippen LogP) is 3.15. The highest BCUT2D eigenvalue weighted by atomic mass is 16.5. The summed E-state index contributed by atoms with van der Waals surface area (Å²) < 4.78 is 7.98. The minimum atomic E-state index is 0.0977. The second-order valence-corrected chi connectivity index (χ2v) is 5.24. The first-order valence-electron chi connectivity index (χ1n) is 7.13. The van der Waals surface area contributed by atoms with E-state index in [0.717, 1.165) is 36.0 Å². The van der Waals surface area contributed by atoms with Crippen LogP contribution >= 0.6 is 0 Å². The van der Waals surface area contributed by atoms with Gasteiger partial charge in [-0.25, -0.2) is 4.98 Å². The summed E-state index contributed by atoms with van der Waals surface area (Å²) in [5, 5.41) is 0. The van der Waals surface area contributed by atoms with Gasteiger partial charge < -0.3 is 15.0 Å². The molecule has 102 valence electrons. The Morgan fingerprint density at radius 2 is 2.37 bits per heavy atom. The van der Waals surface area contributed by atoms with E-state index >= 15 is 0 Å². The number of aromatic nitrogens is 2. The highest BCUT2D eigenvalue weighted by molar-refractivity contribution is 5.76. The van der Waals surface area contributed by atoms with Gasteiger partial charge in [0, 0.05) is 12.6 Å². The van der Waals surface area contributed by atoms with Crippen LogP contribution < -0.4 is 5.73 Å². The number of imidazole rings is 1. The van der Waals surface area contributed by atoms with Gasteiger partial charge in [-0.15, -0.1) is 0 Å². The molecule has 2 aromatic rings. The Morgan fingerprint density at radius 1 is 1.47 bits per heavy atom. The van der Waals surface area contributed by atoms with E-state index in [4.69, 9.17) is 10.5 Å². The van der Waals surface area contributed by atoms with Crippen LogP contribution in [0.5, 0.6) is 0 Å². The van der Waals surface area contributed by atoms with Crippen molar-refractivity contribution in [3.63, 3.8) is 0 Å². The van der Waals surface area contributed by atoms with Crippen molar-refractivity contribution in [3.05, 3.63) is 30.1 Å². The third kappa shape index (κ3) is 2.38. The molecule has 2 atom stereocenters. The van der Waals surface area contributed by atoms with Gasteiger partial charge in [0.25, 0.3) is 0 Å². The summed E-state index contributed by atoms with van der Waals surface area (Å²) >= 11 is 0. The average molecular weight is 259 g/mol. The van der Waals surface area contributed by atoms with Gasteiger partial charge in [-0.2, -0.15) is 0 Å². The Balaban J connectivity index is 1.95. The topological polar surface area (TPSA) is 53.1 Å². The second kappa shape index (κ2) is 5.31. The van der Waals surface area contributed by atoms with E-state index in [1.165, 1.54) is 12.8 Å². The SMILES string of the molecule is CCC(N)c1ccc2c(c1)ncn2C1CCCCO1. The summed E-state index contributed by atoms with van der Waals surface area (Å²) in [6, 6.07) is 6.42. The fourth-order valence-electron chi connectivity index (χ4n) is 2.69. The summed E-state index contributed by atoms with van der Waals surface area (Å²) in [6.07, 6.45) is 6.44. The Labute approximate surface area is 113 Å². The van der Waals surface area contributed by atoms with Crippen LogP contribution in [0.2, 0.25) is 0 Å². The molecule has 4 heteroatoms. The van der Waals surface area contributed by atoms with Gasteiger partial charge >= 0.3 is 0 Å². The van der Waals surface area contributed by atoms with Crippen molar-refractivity contribution in [1.29, 1.82) is 0 Å². The van der Waals surface area contributed by atoms with E-state index in [1.54, 1.807) is 0 Å². The summed E-state index contributed by atoms with van der Waals surface area (Å²) in [6.45, 7) is 2.95. The summed E-state index contributed by atoms with van der Waals surface area (Å²) in [4.78, 5) is 4.50. The van der Waals surface area contributed by atoms with Crippen molar-refractivity contribution in [3.8, 4) is 0 Å². The summed E-state index contributed by atoms with van der Waals surface area (Å²) in [5.41, 5.74) is 9.38. The standard InChI is InChI=1S/C15H21N3O/c1-2-12(16)11-6-7-14-13(9-11)17-10-18(14)15-5-3-4-8-19-15/h6-7,9-10,12,15H,2-5,8,16H2,1H3. The molecule has 1 aromatic carbocycles. The van der Waals surface area contributed by atoms with Gasteiger partial charge in [-0.3, -0.25) is 0 Å². The van der Waals surface area contributed by atoms with Crippen LogP contribution in [0.3, 0.4) is 0 Å². The van der Waals surface area contributed by atoms with Crippen molar-refractivity contribution in [2.24, 2.45) is 5.73 Å². The van der Waals surface area contributed by atoms with E-state index in [-0.39, 0.29) is 12.3 Å². The number of hydrogen-bond acceptors (Lipinski definition) is 3. The van der Waals surface area contributed by atoms with Crippen LogP contribution in [-0.2, 0) is 4.74 Å². The Morgan fingerprint density at radius 3 is 3.11 bits per heavy atom. The molecule has 0 saturated carbocycles. The molecule has 1 aromatic heterocycles. The van der Waals surface area contributed by atoms with Gasteiger partial charge in [0.1, 0.15) is 6.23 Å². The largest absolute Gasteiger partial charge is 0.358 e. The summed E-state index contributed by atoms with van der Waals surface area (Å²) in [5.74, 6) is 0. The first kappa shape index (κ1) is 12.6. The van der Waals surface area contributed by atoms with Crippen molar-refractivity contribution in [1.82, 2.24) is 9.55 Å². The maximum absolute atomic E-state index is 6.08. The number of nitrogens with zero attached hydrogens (tertiary/aromatic N) is 2. The summed E-state index contributed by atoms with van der Waals surface area (Å²) in [7, 11) is 0. The van der Waals surface area contributed by atoms with E-state index in [0.29, 0.717) is 0 Å². The molecule has 0 aliphatic carbocycles. The number of fused-ring (bicyclic) bond motifs is 1. The van der Waals surface area contributed by atoms with Crippen molar-refractivity contribution < 1.29 is 4.74 Å². The Bertz CT molecular complexity index is 558.